The van der Waals surface area contributed by atoms with E-state index in [1.54, 1.807) is 0 Å². The van der Waals surface area contributed by atoms with Crippen LogP contribution >= 0.6 is 0 Å². The van der Waals surface area contributed by atoms with Gasteiger partial charge in [0.25, 0.3) is 0 Å². The van der Waals surface area contributed by atoms with Gasteiger partial charge in [0.2, 0.25) is 0 Å². The second-order valence-electron chi connectivity index (χ2n) is 4.31. The van der Waals surface area contributed by atoms with Crippen LogP contribution in [0.4, 0.5) is 0 Å². The lowest BCUT2D eigenvalue weighted by atomic mass is 9.92. The molecule has 4 nitrogen and oxygen atoms in total. The van der Waals surface area contributed by atoms with Crippen LogP contribution in [0.15, 0.2) is 11.1 Å². The molecule has 0 unspecified atom stereocenters. The molecule has 0 amide bonds. The van der Waals surface area contributed by atoms with Gasteiger partial charge in [-0.05, 0) is 24.0 Å². The first-order valence-electron chi connectivity index (χ1n) is 5.81. The average Bonchev–Trinajstić information content (AvgIpc) is 2.76. The summed E-state index contributed by atoms with van der Waals surface area (Å²) in [6, 6.07) is 0. The molecule has 4 heteroatoms. The lowest BCUT2D eigenvalue weighted by molar-refractivity contribution is -0.133. The zero-order valence-electron chi connectivity index (χ0n) is 9.75. The quantitative estimate of drug-likeness (QED) is 0.746. The number of nitrogens with one attached hydrogen (secondary N) is 1. The predicted octanol–water partition coefficient (Wildman–Crippen LogP) is 1.64. The fourth-order valence-corrected chi connectivity index (χ4v) is 2.59. The molecule has 2 aliphatic rings. The molecular weight excluding hydrogens is 216 g/mol. The number of nitrogens with zero attached hydrogens (tertiary/aromatic N) is 1. The first kappa shape index (κ1) is 10.3. The van der Waals surface area contributed by atoms with Crippen molar-refractivity contribution in [2.45, 2.75) is 25.8 Å². The summed E-state index contributed by atoms with van der Waals surface area (Å²) in [5.74, 6) is -0.259. The standard InChI is InChI=1S/C13H14N2O2/c1-17-13(16)10-4-2-3-9-8-5-6-14-7-11(8)15-12(9)10/h4,6,15H,2-3,5,7H2,1H3. The summed E-state index contributed by atoms with van der Waals surface area (Å²) in [6.07, 6.45) is 6.67. The van der Waals surface area contributed by atoms with Gasteiger partial charge in [-0.1, -0.05) is 6.08 Å². The first-order chi connectivity index (χ1) is 8.31. The van der Waals surface area contributed by atoms with Gasteiger partial charge in [-0.15, -0.1) is 0 Å². The van der Waals surface area contributed by atoms with Crippen molar-refractivity contribution in [3.05, 3.63) is 28.6 Å². The molecule has 0 fully saturated rings. The smallest absolute Gasteiger partial charge is 0.339 e. The van der Waals surface area contributed by atoms with Crippen LogP contribution in [0.3, 0.4) is 0 Å². The highest BCUT2D eigenvalue weighted by atomic mass is 16.5. The number of ether oxygens (including phenoxy) is 1. The number of carbonyl (C=O) groups excluding carboxylic acids is 1. The third-order valence-corrected chi connectivity index (χ3v) is 3.40. The Balaban J connectivity index is 2.09. The van der Waals surface area contributed by atoms with Crippen molar-refractivity contribution >= 4 is 17.8 Å². The molecule has 0 saturated heterocycles. The highest BCUT2D eigenvalue weighted by Gasteiger charge is 2.26. The van der Waals surface area contributed by atoms with E-state index >= 15 is 0 Å². The number of allylic oxidation sites excluding steroid dienone is 1. The Morgan fingerprint density at radius 1 is 1.47 bits per heavy atom. The lowest BCUT2D eigenvalue weighted by Crippen LogP contribution is -2.10. The van der Waals surface area contributed by atoms with E-state index in [0.29, 0.717) is 12.1 Å². The Bertz CT molecular complexity index is 538. The summed E-state index contributed by atoms with van der Waals surface area (Å²) >= 11 is 0. The third-order valence-electron chi connectivity index (χ3n) is 3.40. The number of aromatic nitrogens is 1. The molecule has 1 aliphatic carbocycles. The molecule has 3 rings (SSSR count). The van der Waals surface area contributed by atoms with Crippen LogP contribution in [0.1, 0.15) is 28.9 Å². The van der Waals surface area contributed by atoms with Gasteiger partial charge in [-0.25, -0.2) is 4.79 Å². The van der Waals surface area contributed by atoms with E-state index in [1.807, 2.05) is 12.3 Å². The van der Waals surface area contributed by atoms with Gasteiger partial charge >= 0.3 is 5.97 Å². The molecule has 88 valence electrons. The second-order valence-corrected chi connectivity index (χ2v) is 4.31. The molecule has 0 saturated carbocycles. The number of methoxy groups -OCH3 is 1. The number of fused-ring (bicyclic) bond motifs is 3. The first-order valence-corrected chi connectivity index (χ1v) is 5.81. The second kappa shape index (κ2) is 3.87. The maximum Gasteiger partial charge on any atom is 0.339 e. The van der Waals surface area contributed by atoms with Crippen LogP contribution in [0.25, 0.3) is 5.57 Å². The van der Waals surface area contributed by atoms with E-state index in [0.717, 1.165) is 30.7 Å². The van der Waals surface area contributed by atoms with Crippen molar-refractivity contribution in [2.24, 2.45) is 4.99 Å². The molecule has 1 N–H and O–H groups in total. The zero-order valence-corrected chi connectivity index (χ0v) is 9.75. The van der Waals surface area contributed by atoms with Crippen molar-refractivity contribution in [1.82, 2.24) is 4.98 Å². The van der Waals surface area contributed by atoms with E-state index < -0.39 is 0 Å². The molecule has 2 heterocycles. The monoisotopic (exact) mass is 230 g/mol. The van der Waals surface area contributed by atoms with Crippen molar-refractivity contribution < 1.29 is 9.53 Å². The maximum atomic E-state index is 11.7. The Labute approximate surface area is 99.4 Å². The topological polar surface area (TPSA) is 54.5 Å². The van der Waals surface area contributed by atoms with Crippen LogP contribution in [-0.4, -0.2) is 24.3 Å². The van der Waals surface area contributed by atoms with E-state index in [2.05, 4.69) is 9.98 Å². The van der Waals surface area contributed by atoms with E-state index in [4.69, 9.17) is 4.74 Å². The highest BCUT2D eigenvalue weighted by molar-refractivity contribution is 6.16. The zero-order chi connectivity index (χ0) is 11.8. The Morgan fingerprint density at radius 3 is 3.18 bits per heavy atom. The highest BCUT2D eigenvalue weighted by Crippen LogP contribution is 2.32. The number of H-pyrrole nitrogens is 1. The summed E-state index contributed by atoms with van der Waals surface area (Å²) in [7, 11) is 1.42. The minimum atomic E-state index is -0.259. The summed E-state index contributed by atoms with van der Waals surface area (Å²) in [6.45, 7) is 0.691. The van der Waals surface area contributed by atoms with Crippen LogP contribution in [0, 0.1) is 0 Å². The molecular formula is C13H14N2O2. The van der Waals surface area contributed by atoms with E-state index in [-0.39, 0.29) is 5.97 Å². The number of aromatic amines is 1. The molecule has 1 aromatic rings. The molecule has 0 spiro atoms. The predicted molar refractivity (Wildman–Crippen MR) is 65.0 cm³/mol. The number of esters is 1. The normalized spacial score (nSPS) is 17.1. The number of hydrogen-bond acceptors (Lipinski definition) is 3. The van der Waals surface area contributed by atoms with Gasteiger partial charge in [0.05, 0.1) is 24.9 Å². The van der Waals surface area contributed by atoms with E-state index in [9.17, 15) is 4.79 Å². The van der Waals surface area contributed by atoms with Gasteiger partial charge in [0, 0.05) is 18.3 Å². The van der Waals surface area contributed by atoms with Crippen molar-refractivity contribution in [1.29, 1.82) is 0 Å². The van der Waals surface area contributed by atoms with Gasteiger partial charge in [0.15, 0.2) is 0 Å². The molecule has 0 atom stereocenters. The Kier molecular flexibility index (Phi) is 2.35. The van der Waals surface area contributed by atoms with Crippen LogP contribution < -0.4 is 0 Å². The van der Waals surface area contributed by atoms with Crippen molar-refractivity contribution in [3.8, 4) is 0 Å². The maximum absolute atomic E-state index is 11.7. The van der Waals surface area contributed by atoms with Gasteiger partial charge in [-0.2, -0.15) is 0 Å². The molecule has 1 aliphatic heterocycles. The van der Waals surface area contributed by atoms with Crippen molar-refractivity contribution in [2.75, 3.05) is 7.11 Å². The minimum absolute atomic E-state index is 0.259. The molecule has 0 bridgehead atoms. The van der Waals surface area contributed by atoms with Crippen LogP contribution in [0.5, 0.6) is 0 Å². The molecule has 0 radical (unpaired) electrons. The average molecular weight is 230 g/mol. The Hall–Kier alpha value is -1.84. The number of carbonyl (C=O) groups is 1. The molecule has 0 aromatic carbocycles. The van der Waals surface area contributed by atoms with Gasteiger partial charge in [-0.3, -0.25) is 4.99 Å². The largest absolute Gasteiger partial charge is 0.465 e. The van der Waals surface area contributed by atoms with Gasteiger partial charge < -0.3 is 9.72 Å². The third kappa shape index (κ3) is 1.52. The summed E-state index contributed by atoms with van der Waals surface area (Å²) in [5, 5.41) is 0. The summed E-state index contributed by atoms with van der Waals surface area (Å²) < 4.78 is 4.82. The van der Waals surface area contributed by atoms with Crippen LogP contribution in [0.2, 0.25) is 0 Å². The molecule has 17 heavy (non-hydrogen) atoms. The van der Waals surface area contributed by atoms with Gasteiger partial charge in [0.1, 0.15) is 0 Å². The number of rotatable bonds is 1. The Morgan fingerprint density at radius 2 is 2.35 bits per heavy atom. The summed E-state index contributed by atoms with van der Waals surface area (Å²) in [4.78, 5) is 19.3. The molecule has 1 aromatic heterocycles. The fourth-order valence-electron chi connectivity index (χ4n) is 2.59. The van der Waals surface area contributed by atoms with E-state index in [1.165, 1.54) is 18.2 Å². The SMILES string of the molecule is COC(=O)C1=CCCc2c1[nH]c1c2CC=NC1. The number of hydrogen-bond donors (Lipinski definition) is 1. The minimum Gasteiger partial charge on any atom is -0.465 e. The lowest BCUT2D eigenvalue weighted by Gasteiger charge is -2.13. The number of aliphatic imine (C=N–C) groups is 1. The van der Waals surface area contributed by atoms with Crippen LogP contribution in [-0.2, 0) is 28.9 Å². The fraction of sp³-hybridized carbons (Fsp3) is 0.385. The summed E-state index contributed by atoms with van der Waals surface area (Å²) in [5.41, 5.74) is 5.36. The van der Waals surface area contributed by atoms with Crippen molar-refractivity contribution in [3.63, 3.8) is 0 Å².